The lowest BCUT2D eigenvalue weighted by Crippen LogP contribution is -2.20. The van der Waals surface area contributed by atoms with Crippen molar-refractivity contribution in [1.82, 2.24) is 15.5 Å². The normalized spacial score (nSPS) is 27.7. The van der Waals surface area contributed by atoms with Gasteiger partial charge in [0.1, 0.15) is 0 Å². The Bertz CT molecular complexity index is 251. The lowest BCUT2D eigenvalue weighted by atomic mass is 9.80. The van der Waals surface area contributed by atoms with E-state index >= 15 is 0 Å². The summed E-state index contributed by atoms with van der Waals surface area (Å²) in [6, 6.07) is 2.07. The second kappa shape index (κ2) is 2.59. The summed E-state index contributed by atoms with van der Waals surface area (Å²) < 4.78 is 0. The van der Waals surface area contributed by atoms with Gasteiger partial charge in [-0.1, -0.05) is 13.8 Å². The van der Waals surface area contributed by atoms with Gasteiger partial charge < -0.3 is 5.32 Å². The minimum Gasteiger partial charge on any atom is -0.315 e. The molecule has 0 amide bonds. The van der Waals surface area contributed by atoms with Crippen LogP contribution in [0.15, 0.2) is 12.3 Å². The third kappa shape index (κ3) is 1.14. The van der Waals surface area contributed by atoms with Gasteiger partial charge in [-0.25, -0.2) is 0 Å². The van der Waals surface area contributed by atoms with E-state index in [4.69, 9.17) is 0 Å². The van der Waals surface area contributed by atoms with Crippen molar-refractivity contribution < 1.29 is 0 Å². The molecule has 66 valence electrons. The predicted octanol–water partition coefficient (Wildman–Crippen LogP) is 1.12. The van der Waals surface area contributed by atoms with Gasteiger partial charge in [0, 0.05) is 30.9 Å². The van der Waals surface area contributed by atoms with Crippen molar-refractivity contribution in [3.05, 3.63) is 18.0 Å². The Morgan fingerprint density at radius 1 is 1.58 bits per heavy atom. The Labute approximate surface area is 72.6 Å². The van der Waals surface area contributed by atoms with Gasteiger partial charge in [0.05, 0.1) is 0 Å². The number of hydrogen-bond acceptors (Lipinski definition) is 2. The number of nitrogens with one attached hydrogen (secondary N) is 2. The Morgan fingerprint density at radius 3 is 2.92 bits per heavy atom. The van der Waals surface area contributed by atoms with Gasteiger partial charge >= 0.3 is 0 Å². The molecule has 2 N–H and O–H groups in total. The molecule has 2 rings (SSSR count). The number of hydrogen-bond donors (Lipinski definition) is 2. The van der Waals surface area contributed by atoms with Crippen LogP contribution in [-0.4, -0.2) is 23.3 Å². The predicted molar refractivity (Wildman–Crippen MR) is 48.0 cm³/mol. The largest absolute Gasteiger partial charge is 0.315 e. The van der Waals surface area contributed by atoms with Crippen LogP contribution < -0.4 is 5.32 Å². The molecule has 0 unspecified atom stereocenters. The fourth-order valence-corrected chi connectivity index (χ4v) is 1.93. The Balaban J connectivity index is 2.25. The van der Waals surface area contributed by atoms with E-state index in [0.717, 1.165) is 13.1 Å². The van der Waals surface area contributed by atoms with E-state index < -0.39 is 0 Å². The highest BCUT2D eigenvalue weighted by Crippen LogP contribution is 2.36. The van der Waals surface area contributed by atoms with Crippen LogP contribution >= 0.6 is 0 Å². The molecule has 3 nitrogen and oxygen atoms in total. The second-order valence-electron chi connectivity index (χ2n) is 4.18. The van der Waals surface area contributed by atoms with Crippen molar-refractivity contribution in [2.24, 2.45) is 5.41 Å². The molecule has 0 aromatic carbocycles. The van der Waals surface area contributed by atoms with E-state index in [1.54, 1.807) is 0 Å². The fourth-order valence-electron chi connectivity index (χ4n) is 1.93. The summed E-state index contributed by atoms with van der Waals surface area (Å²) in [6.07, 6.45) is 1.82. The monoisotopic (exact) mass is 165 g/mol. The molecule has 1 atom stereocenters. The summed E-state index contributed by atoms with van der Waals surface area (Å²) in [7, 11) is 0. The summed E-state index contributed by atoms with van der Waals surface area (Å²) >= 11 is 0. The van der Waals surface area contributed by atoms with Gasteiger partial charge in [0.15, 0.2) is 0 Å². The number of rotatable bonds is 1. The standard InChI is InChI=1S/C9H15N3/c1-9(2)6-10-5-7(9)8-3-4-11-12-8/h3-4,7,10H,5-6H2,1-2H3,(H,11,12)/t7-/m0/s1. The van der Waals surface area contributed by atoms with Crippen LogP contribution in [0.5, 0.6) is 0 Å². The zero-order chi connectivity index (χ0) is 8.60. The molecule has 1 aliphatic rings. The summed E-state index contributed by atoms with van der Waals surface area (Å²) in [5, 5.41) is 10.4. The van der Waals surface area contributed by atoms with Crippen molar-refractivity contribution in [2.45, 2.75) is 19.8 Å². The second-order valence-corrected chi connectivity index (χ2v) is 4.18. The van der Waals surface area contributed by atoms with E-state index in [1.807, 2.05) is 6.20 Å². The summed E-state index contributed by atoms with van der Waals surface area (Å²) in [5.41, 5.74) is 1.61. The molecule has 1 aromatic rings. The molecule has 1 saturated heterocycles. The van der Waals surface area contributed by atoms with Gasteiger partial charge in [-0.05, 0) is 11.5 Å². The van der Waals surface area contributed by atoms with E-state index in [9.17, 15) is 0 Å². The zero-order valence-electron chi connectivity index (χ0n) is 7.59. The maximum absolute atomic E-state index is 3.98. The summed E-state index contributed by atoms with van der Waals surface area (Å²) in [6.45, 7) is 6.74. The van der Waals surface area contributed by atoms with Crippen LogP contribution in [-0.2, 0) is 0 Å². The maximum atomic E-state index is 3.98. The molecule has 0 radical (unpaired) electrons. The average molecular weight is 165 g/mol. The molecular formula is C9H15N3. The third-order valence-corrected chi connectivity index (χ3v) is 2.77. The van der Waals surface area contributed by atoms with Crippen LogP contribution in [0.3, 0.4) is 0 Å². The first-order valence-electron chi connectivity index (χ1n) is 4.40. The van der Waals surface area contributed by atoms with Crippen LogP contribution in [0.4, 0.5) is 0 Å². The lowest BCUT2D eigenvalue weighted by molar-refractivity contribution is 0.357. The number of aromatic nitrogens is 2. The van der Waals surface area contributed by atoms with Gasteiger partial charge in [-0.15, -0.1) is 0 Å². The highest BCUT2D eigenvalue weighted by molar-refractivity contribution is 5.13. The van der Waals surface area contributed by atoms with Crippen LogP contribution in [0.25, 0.3) is 0 Å². The third-order valence-electron chi connectivity index (χ3n) is 2.77. The number of aromatic amines is 1. The molecule has 2 heterocycles. The average Bonchev–Trinajstić information content (AvgIpc) is 2.55. The van der Waals surface area contributed by atoms with E-state index in [-0.39, 0.29) is 0 Å². The van der Waals surface area contributed by atoms with Crippen molar-refractivity contribution in [3.8, 4) is 0 Å². The number of H-pyrrole nitrogens is 1. The van der Waals surface area contributed by atoms with Gasteiger partial charge in [-0.2, -0.15) is 5.10 Å². The van der Waals surface area contributed by atoms with Crippen molar-refractivity contribution in [3.63, 3.8) is 0 Å². The Hall–Kier alpha value is -0.830. The molecule has 1 aromatic heterocycles. The SMILES string of the molecule is CC1(C)CNC[C@H]1c1ccn[nH]1. The topological polar surface area (TPSA) is 40.7 Å². The van der Waals surface area contributed by atoms with Crippen molar-refractivity contribution >= 4 is 0 Å². The molecule has 0 aliphatic carbocycles. The first-order chi connectivity index (χ1) is 5.70. The first kappa shape index (κ1) is 7.80. The smallest absolute Gasteiger partial charge is 0.0490 e. The zero-order valence-corrected chi connectivity index (χ0v) is 7.59. The highest BCUT2D eigenvalue weighted by atomic mass is 15.1. The molecule has 12 heavy (non-hydrogen) atoms. The lowest BCUT2D eigenvalue weighted by Gasteiger charge is -2.24. The Kier molecular flexibility index (Phi) is 1.68. The highest BCUT2D eigenvalue weighted by Gasteiger charge is 2.35. The van der Waals surface area contributed by atoms with Crippen molar-refractivity contribution in [1.29, 1.82) is 0 Å². The minimum absolute atomic E-state index is 0.354. The van der Waals surface area contributed by atoms with E-state index in [1.165, 1.54) is 5.69 Å². The van der Waals surface area contributed by atoms with E-state index in [0.29, 0.717) is 11.3 Å². The quantitative estimate of drug-likeness (QED) is 0.654. The van der Waals surface area contributed by atoms with Gasteiger partial charge in [-0.3, -0.25) is 5.10 Å². The maximum Gasteiger partial charge on any atom is 0.0490 e. The molecule has 3 heteroatoms. The molecule has 0 spiro atoms. The van der Waals surface area contributed by atoms with Gasteiger partial charge in [0.2, 0.25) is 0 Å². The minimum atomic E-state index is 0.354. The molecule has 0 bridgehead atoms. The van der Waals surface area contributed by atoms with Gasteiger partial charge in [0.25, 0.3) is 0 Å². The van der Waals surface area contributed by atoms with Crippen LogP contribution in [0.1, 0.15) is 25.5 Å². The van der Waals surface area contributed by atoms with Crippen LogP contribution in [0, 0.1) is 5.41 Å². The summed E-state index contributed by atoms with van der Waals surface area (Å²) in [4.78, 5) is 0. The molecule has 1 aliphatic heterocycles. The molecular weight excluding hydrogens is 150 g/mol. The summed E-state index contributed by atoms with van der Waals surface area (Å²) in [5.74, 6) is 0.583. The fraction of sp³-hybridized carbons (Fsp3) is 0.667. The molecule has 1 fully saturated rings. The Morgan fingerprint density at radius 2 is 2.42 bits per heavy atom. The van der Waals surface area contributed by atoms with E-state index in [2.05, 4.69) is 35.4 Å². The van der Waals surface area contributed by atoms with Crippen molar-refractivity contribution in [2.75, 3.05) is 13.1 Å². The van der Waals surface area contributed by atoms with Crippen LogP contribution in [0.2, 0.25) is 0 Å². The first-order valence-corrected chi connectivity index (χ1v) is 4.40. The number of nitrogens with zero attached hydrogens (tertiary/aromatic N) is 1. The molecule has 0 saturated carbocycles.